The zero-order valence-corrected chi connectivity index (χ0v) is 24.1. The van der Waals surface area contributed by atoms with Crippen LogP contribution in [0.25, 0.3) is 0 Å². The summed E-state index contributed by atoms with van der Waals surface area (Å²) in [7, 11) is 0. The molecule has 1 saturated carbocycles. The van der Waals surface area contributed by atoms with E-state index in [0.29, 0.717) is 19.0 Å². The molecule has 0 amide bonds. The number of Topliss-reactive ketones (excluding diaryl/α,β-unsaturated/α-hetero) is 1. The van der Waals surface area contributed by atoms with Gasteiger partial charge in [-0.1, -0.05) is 121 Å². The molecule has 6 rings (SSSR count). The van der Waals surface area contributed by atoms with Crippen molar-refractivity contribution < 1.29 is 9.53 Å². The van der Waals surface area contributed by atoms with E-state index < -0.39 is 10.8 Å². The molecule has 210 valence electrons. The highest BCUT2D eigenvalue weighted by Gasteiger charge is 2.67. The highest BCUT2D eigenvalue weighted by molar-refractivity contribution is 5.94. The molecule has 0 N–H and O–H groups in total. The minimum absolute atomic E-state index is 0.256. The molecule has 2 fully saturated rings. The summed E-state index contributed by atoms with van der Waals surface area (Å²) in [5.74, 6) is 1.02. The topological polar surface area (TPSA) is 26.3 Å². The predicted molar refractivity (Wildman–Crippen MR) is 167 cm³/mol. The lowest BCUT2D eigenvalue weighted by atomic mass is 9.66. The number of ketones is 1. The van der Waals surface area contributed by atoms with Crippen LogP contribution in [0.1, 0.15) is 47.9 Å². The molecular weight excluding hydrogens is 500 g/mol. The van der Waals surface area contributed by atoms with Gasteiger partial charge in [0.2, 0.25) is 0 Å². The molecule has 2 nitrogen and oxygen atoms in total. The van der Waals surface area contributed by atoms with Gasteiger partial charge in [-0.05, 0) is 73.6 Å². The van der Waals surface area contributed by atoms with E-state index in [4.69, 9.17) is 4.74 Å². The Bertz CT molecular complexity index is 1280. The van der Waals surface area contributed by atoms with Crippen molar-refractivity contribution in [1.29, 1.82) is 0 Å². The molecule has 1 aliphatic heterocycles. The van der Waals surface area contributed by atoms with Crippen LogP contribution in [0.3, 0.4) is 0 Å². The Morgan fingerprint density at radius 2 is 0.854 bits per heavy atom. The molecular formula is C39H42O2. The molecule has 1 aliphatic carbocycles. The zero-order valence-electron chi connectivity index (χ0n) is 24.1. The van der Waals surface area contributed by atoms with Gasteiger partial charge in [-0.2, -0.15) is 0 Å². The molecule has 0 bridgehead atoms. The van der Waals surface area contributed by atoms with Crippen LogP contribution >= 0.6 is 0 Å². The van der Waals surface area contributed by atoms with Gasteiger partial charge in [-0.25, -0.2) is 0 Å². The molecule has 4 aromatic carbocycles. The average molecular weight is 543 g/mol. The summed E-state index contributed by atoms with van der Waals surface area (Å²) in [6, 6.07) is 43.0. The number of hydrogen-bond donors (Lipinski definition) is 0. The number of benzene rings is 4. The predicted octanol–water partition coefficient (Wildman–Crippen LogP) is 8.34. The Labute approximate surface area is 245 Å². The smallest absolute Gasteiger partial charge is 0.146 e. The molecule has 1 saturated heterocycles. The summed E-state index contributed by atoms with van der Waals surface area (Å²) in [4.78, 5) is 15.4. The van der Waals surface area contributed by atoms with Gasteiger partial charge >= 0.3 is 0 Å². The van der Waals surface area contributed by atoms with Gasteiger partial charge in [0.15, 0.2) is 0 Å². The number of carbonyl (C=O) groups excluding carboxylic acids is 1. The maximum Gasteiger partial charge on any atom is 0.146 e. The first-order valence-electron chi connectivity index (χ1n) is 15.5. The molecule has 2 heteroatoms. The van der Waals surface area contributed by atoms with Crippen molar-refractivity contribution in [2.75, 3.05) is 13.2 Å². The van der Waals surface area contributed by atoms with Gasteiger partial charge in [-0.3, -0.25) is 4.79 Å². The fraction of sp³-hybridized carbons (Fsp3) is 0.359. The van der Waals surface area contributed by atoms with Gasteiger partial charge in [0.05, 0.1) is 13.2 Å². The van der Waals surface area contributed by atoms with Crippen LogP contribution < -0.4 is 0 Å². The molecule has 1 heterocycles. The summed E-state index contributed by atoms with van der Waals surface area (Å²) < 4.78 is 6.32. The standard InChI is InChI=1S/C39H42O2/c40-37-38(27-33-19-9-3-10-20-33,25-13-23-31-15-5-1-6-16-31)35-29-41-30-36(35)39(37,28-34-21-11-4-12-22-34)26-14-24-32-17-7-2-8-18-32/h1-12,15-22,35-36H,13-14,23-30H2/t35-,36-,38+,39+/m1/s1. The molecule has 4 atom stereocenters. The van der Waals surface area contributed by atoms with Crippen molar-refractivity contribution in [1.82, 2.24) is 0 Å². The van der Waals surface area contributed by atoms with Crippen molar-refractivity contribution in [3.8, 4) is 0 Å². The van der Waals surface area contributed by atoms with Gasteiger partial charge in [0.1, 0.15) is 5.78 Å². The van der Waals surface area contributed by atoms with E-state index in [-0.39, 0.29) is 11.8 Å². The average Bonchev–Trinajstić information content (AvgIpc) is 3.58. The van der Waals surface area contributed by atoms with E-state index in [0.717, 1.165) is 51.4 Å². The lowest BCUT2D eigenvalue weighted by Gasteiger charge is -2.36. The lowest BCUT2D eigenvalue weighted by Crippen LogP contribution is -2.42. The molecule has 2 aliphatic rings. The Kier molecular flexibility index (Phi) is 8.49. The third-order valence-corrected chi connectivity index (χ3v) is 9.99. The molecule has 0 spiro atoms. The second-order valence-electron chi connectivity index (χ2n) is 12.4. The minimum Gasteiger partial charge on any atom is -0.381 e. The molecule has 0 aromatic heterocycles. The number of ether oxygens (including phenoxy) is 1. The van der Waals surface area contributed by atoms with E-state index in [1.54, 1.807) is 0 Å². The van der Waals surface area contributed by atoms with Crippen molar-refractivity contribution in [3.05, 3.63) is 144 Å². The Balaban J connectivity index is 1.36. The van der Waals surface area contributed by atoms with Crippen LogP contribution in [0.2, 0.25) is 0 Å². The quantitative estimate of drug-likeness (QED) is 0.180. The number of rotatable bonds is 12. The van der Waals surface area contributed by atoms with Crippen LogP contribution in [-0.2, 0) is 35.2 Å². The van der Waals surface area contributed by atoms with Crippen molar-refractivity contribution in [2.24, 2.45) is 22.7 Å². The Hall–Kier alpha value is -3.49. The number of fused-ring (bicyclic) bond motifs is 1. The van der Waals surface area contributed by atoms with E-state index in [2.05, 4.69) is 121 Å². The van der Waals surface area contributed by atoms with Crippen LogP contribution in [0.5, 0.6) is 0 Å². The molecule has 41 heavy (non-hydrogen) atoms. The van der Waals surface area contributed by atoms with Gasteiger partial charge in [-0.15, -0.1) is 0 Å². The monoisotopic (exact) mass is 542 g/mol. The maximum atomic E-state index is 15.4. The first-order chi connectivity index (χ1) is 20.2. The van der Waals surface area contributed by atoms with Crippen molar-refractivity contribution in [2.45, 2.75) is 51.4 Å². The Morgan fingerprint density at radius 1 is 0.512 bits per heavy atom. The maximum absolute atomic E-state index is 15.4. The number of hydrogen-bond acceptors (Lipinski definition) is 2. The third kappa shape index (κ3) is 5.81. The summed E-state index contributed by atoms with van der Waals surface area (Å²) in [6.45, 7) is 1.40. The number of aryl methyl sites for hydroxylation is 2. The Morgan fingerprint density at radius 3 is 1.22 bits per heavy atom. The summed E-state index contributed by atoms with van der Waals surface area (Å²) in [5.41, 5.74) is 4.44. The van der Waals surface area contributed by atoms with Gasteiger partial charge in [0, 0.05) is 22.7 Å². The fourth-order valence-electron chi connectivity index (χ4n) is 8.10. The summed E-state index contributed by atoms with van der Waals surface area (Å²) in [5, 5.41) is 0. The molecule has 0 unspecified atom stereocenters. The highest BCUT2D eigenvalue weighted by Crippen LogP contribution is 2.62. The summed E-state index contributed by atoms with van der Waals surface area (Å²) >= 11 is 0. The number of carbonyl (C=O) groups is 1. The molecule has 0 radical (unpaired) electrons. The zero-order chi connectivity index (χ0) is 28.0. The SMILES string of the molecule is O=C1[C@@](CCCc2ccccc2)(Cc2ccccc2)[C@@H]2COC[C@H]2[C@]1(CCCc1ccccc1)Cc1ccccc1. The first-order valence-corrected chi connectivity index (χ1v) is 15.5. The normalized spacial score (nSPS) is 25.3. The minimum atomic E-state index is -0.404. The third-order valence-electron chi connectivity index (χ3n) is 9.99. The summed E-state index contributed by atoms with van der Waals surface area (Å²) in [6.07, 6.45) is 7.47. The van der Waals surface area contributed by atoms with Gasteiger partial charge in [0.25, 0.3) is 0 Å². The van der Waals surface area contributed by atoms with E-state index >= 15 is 4.79 Å². The van der Waals surface area contributed by atoms with Crippen LogP contribution in [0.15, 0.2) is 121 Å². The highest BCUT2D eigenvalue weighted by atomic mass is 16.5. The van der Waals surface area contributed by atoms with Crippen molar-refractivity contribution in [3.63, 3.8) is 0 Å². The lowest BCUT2D eigenvalue weighted by molar-refractivity contribution is -0.138. The largest absolute Gasteiger partial charge is 0.381 e. The second-order valence-corrected chi connectivity index (χ2v) is 12.4. The van der Waals surface area contributed by atoms with Crippen molar-refractivity contribution >= 4 is 5.78 Å². The fourth-order valence-corrected chi connectivity index (χ4v) is 8.10. The molecule has 4 aromatic rings. The second kappa shape index (κ2) is 12.6. The van der Waals surface area contributed by atoms with E-state index in [1.165, 1.54) is 22.3 Å². The van der Waals surface area contributed by atoms with E-state index in [1.807, 2.05) is 0 Å². The van der Waals surface area contributed by atoms with E-state index in [9.17, 15) is 0 Å². The van der Waals surface area contributed by atoms with Crippen LogP contribution in [-0.4, -0.2) is 19.0 Å². The first kappa shape index (κ1) is 27.7. The van der Waals surface area contributed by atoms with Gasteiger partial charge < -0.3 is 4.74 Å². The van der Waals surface area contributed by atoms with Crippen LogP contribution in [0, 0.1) is 22.7 Å². The van der Waals surface area contributed by atoms with Crippen LogP contribution in [0.4, 0.5) is 0 Å².